The highest BCUT2D eigenvalue weighted by molar-refractivity contribution is 7.09. The zero-order valence-corrected chi connectivity index (χ0v) is 10.9. The second kappa shape index (κ2) is 5.57. The normalized spacial score (nSPS) is 10.2. The summed E-state index contributed by atoms with van der Waals surface area (Å²) in [6.45, 7) is 2.28. The molecule has 6 nitrogen and oxygen atoms in total. The molecule has 2 aromatic heterocycles. The van der Waals surface area contributed by atoms with Crippen LogP contribution in [0, 0.1) is 6.92 Å². The highest BCUT2D eigenvalue weighted by Gasteiger charge is 2.10. The summed E-state index contributed by atoms with van der Waals surface area (Å²) in [5.74, 6) is -1.41. The lowest BCUT2D eigenvalue weighted by atomic mass is 10.2. The maximum absolute atomic E-state index is 11.8. The number of aromatic carboxylic acids is 1. The second-order valence-electron chi connectivity index (χ2n) is 3.78. The summed E-state index contributed by atoms with van der Waals surface area (Å²) in [4.78, 5) is 31.2. The van der Waals surface area contributed by atoms with Gasteiger partial charge in [0.1, 0.15) is 5.69 Å². The first-order chi connectivity index (χ1) is 9.08. The van der Waals surface area contributed by atoms with Gasteiger partial charge >= 0.3 is 5.97 Å². The Hall–Kier alpha value is -2.28. The van der Waals surface area contributed by atoms with Crippen LogP contribution < -0.4 is 5.32 Å². The van der Waals surface area contributed by atoms with Gasteiger partial charge in [-0.25, -0.2) is 14.8 Å². The summed E-state index contributed by atoms with van der Waals surface area (Å²) in [5.41, 5.74) is 2.85. The highest BCUT2D eigenvalue weighted by atomic mass is 32.1. The fraction of sp³-hybridized carbons (Fsp3) is 0.167. The van der Waals surface area contributed by atoms with Crippen molar-refractivity contribution in [3.05, 3.63) is 45.7 Å². The second-order valence-corrected chi connectivity index (χ2v) is 4.72. The van der Waals surface area contributed by atoms with E-state index in [1.807, 2.05) is 6.92 Å². The molecule has 0 radical (unpaired) electrons. The van der Waals surface area contributed by atoms with Crippen LogP contribution in [0.5, 0.6) is 0 Å². The average Bonchev–Trinajstić information content (AvgIpc) is 2.81. The molecule has 0 aliphatic rings. The van der Waals surface area contributed by atoms with Crippen molar-refractivity contribution in [2.45, 2.75) is 13.5 Å². The maximum atomic E-state index is 11.8. The van der Waals surface area contributed by atoms with E-state index in [-0.39, 0.29) is 11.6 Å². The van der Waals surface area contributed by atoms with E-state index in [0.717, 1.165) is 10.6 Å². The van der Waals surface area contributed by atoms with Gasteiger partial charge in [-0.2, -0.15) is 0 Å². The number of nitrogens with zero attached hydrogens (tertiary/aromatic N) is 2. The molecule has 7 heteroatoms. The molecule has 0 spiro atoms. The Morgan fingerprint density at radius 2 is 2.16 bits per heavy atom. The fourth-order valence-electron chi connectivity index (χ4n) is 1.41. The molecule has 0 bridgehead atoms. The molecular weight excluding hydrogens is 266 g/mol. The van der Waals surface area contributed by atoms with Crippen LogP contribution in [0.15, 0.2) is 23.8 Å². The lowest BCUT2D eigenvalue weighted by Gasteiger charge is -2.04. The van der Waals surface area contributed by atoms with Crippen molar-refractivity contribution in [2.24, 2.45) is 0 Å². The number of amides is 1. The lowest BCUT2D eigenvalue weighted by molar-refractivity contribution is 0.0689. The van der Waals surface area contributed by atoms with E-state index < -0.39 is 5.97 Å². The molecule has 2 aromatic rings. The lowest BCUT2D eigenvalue weighted by Crippen LogP contribution is -2.23. The van der Waals surface area contributed by atoms with E-state index in [1.54, 1.807) is 5.51 Å². The van der Waals surface area contributed by atoms with Crippen molar-refractivity contribution in [3.8, 4) is 0 Å². The molecule has 0 aliphatic heterocycles. The van der Waals surface area contributed by atoms with Crippen LogP contribution >= 0.6 is 11.3 Å². The number of nitrogens with one attached hydrogen (secondary N) is 1. The number of aryl methyl sites for hydroxylation is 1. The Balaban J connectivity index is 2.00. The van der Waals surface area contributed by atoms with E-state index in [4.69, 9.17) is 5.11 Å². The van der Waals surface area contributed by atoms with E-state index in [0.29, 0.717) is 12.1 Å². The molecule has 2 heterocycles. The highest BCUT2D eigenvalue weighted by Crippen LogP contribution is 2.11. The Labute approximate surface area is 113 Å². The standard InChI is InChI=1S/C12H11N3O3S/c1-7-10(19-6-15-7)5-14-11(16)8-2-3-9(12(17)18)13-4-8/h2-4,6H,5H2,1H3,(H,14,16)(H,17,18). The minimum Gasteiger partial charge on any atom is -0.477 e. The molecule has 0 unspecified atom stereocenters. The summed E-state index contributed by atoms with van der Waals surface area (Å²) in [7, 11) is 0. The van der Waals surface area contributed by atoms with Gasteiger partial charge in [0.15, 0.2) is 0 Å². The first kappa shape index (κ1) is 13.2. The molecule has 0 saturated carbocycles. The van der Waals surface area contributed by atoms with Crippen LogP contribution in [0.4, 0.5) is 0 Å². The van der Waals surface area contributed by atoms with Gasteiger partial charge in [0.05, 0.1) is 23.3 Å². The predicted molar refractivity (Wildman–Crippen MR) is 69.2 cm³/mol. The van der Waals surface area contributed by atoms with E-state index in [9.17, 15) is 9.59 Å². The maximum Gasteiger partial charge on any atom is 0.354 e. The molecule has 0 aliphatic carbocycles. The topological polar surface area (TPSA) is 92.2 Å². The average molecular weight is 277 g/mol. The number of hydrogen-bond acceptors (Lipinski definition) is 5. The zero-order valence-electron chi connectivity index (χ0n) is 10.1. The molecule has 2 N–H and O–H groups in total. The largest absolute Gasteiger partial charge is 0.477 e. The number of carboxylic acids is 1. The molecule has 19 heavy (non-hydrogen) atoms. The number of carbonyl (C=O) groups is 2. The Morgan fingerprint density at radius 3 is 2.68 bits per heavy atom. The Kier molecular flexibility index (Phi) is 3.86. The van der Waals surface area contributed by atoms with Crippen molar-refractivity contribution < 1.29 is 14.7 Å². The predicted octanol–water partition coefficient (Wildman–Crippen LogP) is 1.47. The number of rotatable bonds is 4. The summed E-state index contributed by atoms with van der Waals surface area (Å²) >= 11 is 1.47. The van der Waals surface area contributed by atoms with Crippen LogP contribution in [0.3, 0.4) is 0 Å². The van der Waals surface area contributed by atoms with Crippen LogP contribution in [-0.4, -0.2) is 27.0 Å². The van der Waals surface area contributed by atoms with Crippen molar-refractivity contribution >= 4 is 23.2 Å². The molecule has 2 rings (SSSR count). The van der Waals surface area contributed by atoms with Crippen molar-refractivity contribution in [2.75, 3.05) is 0 Å². The van der Waals surface area contributed by atoms with E-state index >= 15 is 0 Å². The van der Waals surface area contributed by atoms with Gasteiger partial charge in [-0.15, -0.1) is 11.3 Å². The van der Waals surface area contributed by atoms with E-state index in [2.05, 4.69) is 15.3 Å². The van der Waals surface area contributed by atoms with Gasteiger partial charge in [0.2, 0.25) is 0 Å². The number of carboxylic acid groups (broad SMARTS) is 1. The third-order valence-electron chi connectivity index (χ3n) is 2.50. The van der Waals surface area contributed by atoms with Gasteiger partial charge in [0, 0.05) is 11.1 Å². The molecule has 0 aromatic carbocycles. The third-order valence-corrected chi connectivity index (χ3v) is 3.43. The van der Waals surface area contributed by atoms with Gasteiger partial charge in [0.25, 0.3) is 5.91 Å². The number of aromatic nitrogens is 2. The number of pyridine rings is 1. The number of carbonyl (C=O) groups excluding carboxylic acids is 1. The van der Waals surface area contributed by atoms with Crippen molar-refractivity contribution in [1.82, 2.24) is 15.3 Å². The molecule has 1 amide bonds. The molecule has 0 atom stereocenters. The molecule has 0 saturated heterocycles. The third kappa shape index (κ3) is 3.14. The Morgan fingerprint density at radius 1 is 1.37 bits per heavy atom. The SMILES string of the molecule is Cc1ncsc1CNC(=O)c1ccc(C(=O)O)nc1. The van der Waals surface area contributed by atoms with Crippen molar-refractivity contribution in [3.63, 3.8) is 0 Å². The van der Waals surface area contributed by atoms with Gasteiger partial charge in [-0.3, -0.25) is 4.79 Å². The van der Waals surface area contributed by atoms with Crippen molar-refractivity contribution in [1.29, 1.82) is 0 Å². The van der Waals surface area contributed by atoms with Crippen LogP contribution in [0.25, 0.3) is 0 Å². The van der Waals surface area contributed by atoms with Crippen LogP contribution in [0.1, 0.15) is 31.4 Å². The zero-order chi connectivity index (χ0) is 13.8. The number of hydrogen-bond donors (Lipinski definition) is 2. The minimum absolute atomic E-state index is 0.0881. The number of thiazole rings is 1. The van der Waals surface area contributed by atoms with E-state index in [1.165, 1.54) is 29.7 Å². The van der Waals surface area contributed by atoms with Gasteiger partial charge in [-0.1, -0.05) is 0 Å². The monoisotopic (exact) mass is 277 g/mol. The summed E-state index contributed by atoms with van der Waals surface area (Å²) < 4.78 is 0. The molecule has 0 fully saturated rings. The van der Waals surface area contributed by atoms with Crippen LogP contribution in [0.2, 0.25) is 0 Å². The first-order valence-electron chi connectivity index (χ1n) is 5.44. The van der Waals surface area contributed by atoms with Gasteiger partial charge < -0.3 is 10.4 Å². The minimum atomic E-state index is -1.12. The Bertz CT molecular complexity index is 607. The summed E-state index contributed by atoms with van der Waals surface area (Å²) in [6.07, 6.45) is 1.25. The summed E-state index contributed by atoms with van der Waals surface area (Å²) in [6, 6.07) is 2.74. The van der Waals surface area contributed by atoms with Gasteiger partial charge in [-0.05, 0) is 19.1 Å². The smallest absolute Gasteiger partial charge is 0.354 e. The first-order valence-corrected chi connectivity index (χ1v) is 6.32. The molecular formula is C12H11N3O3S. The fourth-order valence-corrected chi connectivity index (χ4v) is 2.13. The molecule has 98 valence electrons. The quantitative estimate of drug-likeness (QED) is 0.883. The summed E-state index contributed by atoms with van der Waals surface area (Å²) in [5, 5.41) is 11.4. The van der Waals surface area contributed by atoms with Crippen LogP contribution in [-0.2, 0) is 6.54 Å².